The summed E-state index contributed by atoms with van der Waals surface area (Å²) in [5.74, 6) is 0.145. The van der Waals surface area contributed by atoms with Crippen LogP contribution in [0.3, 0.4) is 0 Å². The van der Waals surface area contributed by atoms with Gasteiger partial charge in [-0.2, -0.15) is 0 Å². The third kappa shape index (κ3) is 3.26. The van der Waals surface area contributed by atoms with Crippen molar-refractivity contribution in [1.29, 1.82) is 0 Å². The zero-order valence-corrected chi connectivity index (χ0v) is 14.4. The predicted molar refractivity (Wildman–Crippen MR) is 98.5 cm³/mol. The van der Waals surface area contributed by atoms with Crippen LogP contribution in [0.5, 0.6) is 0 Å². The number of aliphatic hydroxyl groups excluding tert-OH is 1. The Balaban J connectivity index is 1.59. The normalized spacial score (nSPS) is 27.6. The molecule has 3 nitrogen and oxygen atoms in total. The van der Waals surface area contributed by atoms with E-state index in [1.807, 2.05) is 60.7 Å². The highest BCUT2D eigenvalue weighted by Gasteiger charge is 2.58. The van der Waals surface area contributed by atoms with E-state index >= 15 is 0 Å². The van der Waals surface area contributed by atoms with Crippen LogP contribution >= 0.6 is 0 Å². The molecule has 4 rings (SSSR count). The second kappa shape index (κ2) is 7.11. The summed E-state index contributed by atoms with van der Waals surface area (Å²) < 4.78 is 0. The number of ketones is 1. The van der Waals surface area contributed by atoms with Crippen molar-refractivity contribution in [1.82, 2.24) is 4.90 Å². The molecule has 2 unspecified atom stereocenters. The Morgan fingerprint density at radius 2 is 1.52 bits per heavy atom. The van der Waals surface area contributed by atoms with Crippen molar-refractivity contribution in [2.45, 2.75) is 56.3 Å². The summed E-state index contributed by atoms with van der Waals surface area (Å²) in [7, 11) is 0. The van der Waals surface area contributed by atoms with Crippen LogP contribution < -0.4 is 0 Å². The average Bonchev–Trinajstić information content (AvgIpc) is 3.44. The van der Waals surface area contributed by atoms with Gasteiger partial charge >= 0.3 is 0 Å². The van der Waals surface area contributed by atoms with E-state index in [-0.39, 0.29) is 17.9 Å². The molecule has 1 saturated heterocycles. The molecule has 0 aromatic heterocycles. The van der Waals surface area contributed by atoms with Gasteiger partial charge in [0, 0.05) is 11.6 Å². The van der Waals surface area contributed by atoms with E-state index in [0.717, 1.165) is 24.0 Å². The van der Waals surface area contributed by atoms with Gasteiger partial charge in [0.1, 0.15) is 0 Å². The number of rotatable bonds is 5. The lowest BCUT2D eigenvalue weighted by molar-refractivity contribution is 0.0961. The monoisotopic (exact) mass is 335 g/mol. The molecule has 1 N–H and O–H groups in total. The molecule has 130 valence electrons. The second-order valence-electron chi connectivity index (χ2n) is 7.26. The molecule has 0 spiro atoms. The molecule has 2 aromatic rings. The van der Waals surface area contributed by atoms with Gasteiger partial charge in [0.05, 0.1) is 18.2 Å². The minimum atomic E-state index is -0.610. The number of hydrogen-bond acceptors (Lipinski definition) is 3. The van der Waals surface area contributed by atoms with Crippen LogP contribution in [0.15, 0.2) is 60.7 Å². The maximum absolute atomic E-state index is 13.1. The van der Waals surface area contributed by atoms with Crippen molar-refractivity contribution >= 4 is 5.78 Å². The first-order valence-electron chi connectivity index (χ1n) is 9.37. The first kappa shape index (κ1) is 16.5. The van der Waals surface area contributed by atoms with Crippen molar-refractivity contribution in [3.63, 3.8) is 0 Å². The molecule has 1 aliphatic carbocycles. The van der Waals surface area contributed by atoms with E-state index in [1.165, 1.54) is 19.3 Å². The van der Waals surface area contributed by atoms with Crippen LogP contribution in [0.2, 0.25) is 0 Å². The first-order valence-corrected chi connectivity index (χ1v) is 9.37. The molecular weight excluding hydrogens is 310 g/mol. The quantitative estimate of drug-likeness (QED) is 0.663. The topological polar surface area (TPSA) is 40.3 Å². The van der Waals surface area contributed by atoms with Gasteiger partial charge in [-0.3, -0.25) is 9.69 Å². The Morgan fingerprint density at radius 1 is 0.920 bits per heavy atom. The van der Waals surface area contributed by atoms with Crippen molar-refractivity contribution in [2.24, 2.45) is 0 Å². The van der Waals surface area contributed by atoms with Gasteiger partial charge in [0.25, 0.3) is 0 Å². The van der Waals surface area contributed by atoms with Crippen LogP contribution in [-0.4, -0.2) is 33.9 Å². The Hall–Kier alpha value is -1.97. The van der Waals surface area contributed by atoms with E-state index < -0.39 is 6.10 Å². The lowest BCUT2D eigenvalue weighted by Crippen LogP contribution is -2.27. The molecule has 0 bridgehead atoms. The lowest BCUT2D eigenvalue weighted by Gasteiger charge is -2.24. The third-order valence-electron chi connectivity index (χ3n) is 5.69. The van der Waals surface area contributed by atoms with Crippen LogP contribution in [0.1, 0.15) is 54.1 Å². The first-order chi connectivity index (χ1) is 12.3. The van der Waals surface area contributed by atoms with Gasteiger partial charge in [-0.15, -0.1) is 0 Å². The fraction of sp³-hybridized carbons (Fsp3) is 0.409. The third-order valence-corrected chi connectivity index (χ3v) is 5.69. The molecule has 0 radical (unpaired) electrons. The largest absolute Gasteiger partial charge is 0.387 e. The Kier molecular flexibility index (Phi) is 4.69. The molecular formula is C22H25NO2. The van der Waals surface area contributed by atoms with Crippen molar-refractivity contribution in [3.05, 3.63) is 71.8 Å². The predicted octanol–water partition coefficient (Wildman–Crippen LogP) is 3.99. The highest BCUT2D eigenvalue weighted by molar-refractivity contribution is 6.02. The molecule has 2 aliphatic rings. The van der Waals surface area contributed by atoms with Crippen molar-refractivity contribution in [3.8, 4) is 0 Å². The minimum absolute atomic E-state index is 0.0989. The van der Waals surface area contributed by atoms with E-state index in [0.29, 0.717) is 6.04 Å². The standard InChI is InChI=1S/C22H25NO2/c24-21(16-10-4-1-5-11-16)19-20(22(25)17-12-6-2-7-13-17)23(19)18-14-8-3-9-15-18/h1-2,4-7,10-13,18-21,24H,3,8-9,14-15H2/t19-,20+,21?,23?/m1/s1. The van der Waals surface area contributed by atoms with Crippen molar-refractivity contribution in [2.75, 3.05) is 0 Å². The second-order valence-corrected chi connectivity index (χ2v) is 7.26. The lowest BCUT2D eigenvalue weighted by atomic mass is 9.95. The van der Waals surface area contributed by atoms with Gasteiger partial charge in [0.2, 0.25) is 0 Å². The number of nitrogens with zero attached hydrogens (tertiary/aromatic N) is 1. The Labute approximate surface area is 149 Å². The van der Waals surface area contributed by atoms with Gasteiger partial charge in [0.15, 0.2) is 5.78 Å². The summed E-state index contributed by atoms with van der Waals surface area (Å²) >= 11 is 0. The van der Waals surface area contributed by atoms with E-state index in [2.05, 4.69) is 4.90 Å². The van der Waals surface area contributed by atoms with Crippen LogP contribution in [0.25, 0.3) is 0 Å². The SMILES string of the molecule is O=C(c1ccccc1)[C@@H]1[C@H](C(O)c2ccccc2)N1C1CCCCC1. The summed E-state index contributed by atoms with van der Waals surface area (Å²) in [5, 5.41) is 10.9. The zero-order chi connectivity index (χ0) is 17.2. The van der Waals surface area contributed by atoms with Gasteiger partial charge in [-0.25, -0.2) is 0 Å². The highest BCUT2D eigenvalue weighted by Crippen LogP contribution is 2.45. The summed E-state index contributed by atoms with van der Waals surface area (Å²) in [6.45, 7) is 0. The van der Waals surface area contributed by atoms with E-state index in [9.17, 15) is 9.90 Å². The molecule has 2 aromatic carbocycles. The van der Waals surface area contributed by atoms with E-state index in [1.54, 1.807) is 0 Å². The molecule has 1 aliphatic heterocycles. The van der Waals surface area contributed by atoms with E-state index in [4.69, 9.17) is 0 Å². The molecule has 25 heavy (non-hydrogen) atoms. The van der Waals surface area contributed by atoms with Crippen LogP contribution in [0, 0.1) is 0 Å². The molecule has 3 heteroatoms. The summed E-state index contributed by atoms with van der Waals surface area (Å²) in [6.07, 6.45) is 5.39. The molecule has 1 heterocycles. The molecule has 2 fully saturated rings. The average molecular weight is 335 g/mol. The maximum atomic E-state index is 13.1. The number of Topliss-reactive ketones (excluding diaryl/α,β-unsaturated/α-hetero) is 1. The van der Waals surface area contributed by atoms with Crippen LogP contribution in [-0.2, 0) is 0 Å². The fourth-order valence-corrected chi connectivity index (χ4v) is 4.36. The molecule has 4 atom stereocenters. The highest BCUT2D eigenvalue weighted by atomic mass is 16.3. The molecule has 0 amide bonds. The number of carbonyl (C=O) groups excluding carboxylic acids is 1. The van der Waals surface area contributed by atoms with Gasteiger partial charge in [-0.05, 0) is 18.4 Å². The fourth-order valence-electron chi connectivity index (χ4n) is 4.36. The Bertz CT molecular complexity index is 709. The smallest absolute Gasteiger partial charge is 0.181 e. The number of carbonyl (C=O) groups is 1. The van der Waals surface area contributed by atoms with Crippen molar-refractivity contribution < 1.29 is 9.90 Å². The number of benzene rings is 2. The minimum Gasteiger partial charge on any atom is -0.387 e. The molecule has 1 saturated carbocycles. The Morgan fingerprint density at radius 3 is 2.16 bits per heavy atom. The van der Waals surface area contributed by atoms with Gasteiger partial charge < -0.3 is 5.11 Å². The van der Waals surface area contributed by atoms with Gasteiger partial charge in [-0.1, -0.05) is 79.9 Å². The summed E-state index contributed by atoms with van der Waals surface area (Å²) in [5.41, 5.74) is 1.65. The number of hydrogen-bond donors (Lipinski definition) is 1. The number of aliphatic hydroxyl groups is 1. The summed E-state index contributed by atoms with van der Waals surface area (Å²) in [6, 6.07) is 19.4. The maximum Gasteiger partial charge on any atom is 0.181 e. The zero-order valence-electron chi connectivity index (χ0n) is 14.4. The van der Waals surface area contributed by atoms with Crippen LogP contribution in [0.4, 0.5) is 0 Å². The summed E-state index contributed by atoms with van der Waals surface area (Å²) in [4.78, 5) is 15.3.